The van der Waals surface area contributed by atoms with Gasteiger partial charge in [0.25, 0.3) is 5.91 Å². The van der Waals surface area contributed by atoms with E-state index in [1.54, 1.807) is 12.1 Å². The Kier molecular flexibility index (Phi) is 5.68. The first-order valence-electron chi connectivity index (χ1n) is 8.42. The molecule has 1 aliphatic rings. The Morgan fingerprint density at radius 1 is 1.00 bits per heavy atom. The highest BCUT2D eigenvalue weighted by Crippen LogP contribution is 2.41. The highest BCUT2D eigenvalue weighted by Gasteiger charge is 2.38. The number of carboxylic acid groups (broad SMARTS) is 1. The molecule has 0 unspecified atom stereocenters. The molecule has 0 radical (unpaired) electrons. The lowest BCUT2D eigenvalue weighted by molar-refractivity contribution is -0.137. The summed E-state index contributed by atoms with van der Waals surface area (Å²) in [7, 11) is 0. The van der Waals surface area contributed by atoms with Gasteiger partial charge in [0.1, 0.15) is 0 Å². The van der Waals surface area contributed by atoms with Crippen molar-refractivity contribution in [2.24, 2.45) is 0 Å². The Hall–Kier alpha value is -2.67. The van der Waals surface area contributed by atoms with Crippen LogP contribution in [0, 0.1) is 0 Å². The predicted octanol–water partition coefficient (Wildman–Crippen LogP) is 3.21. The number of anilines is 2. The monoisotopic (exact) mass is 371 g/mol. The van der Waals surface area contributed by atoms with Gasteiger partial charge >= 0.3 is 5.97 Å². The van der Waals surface area contributed by atoms with Crippen LogP contribution in [0.5, 0.6) is 0 Å². The minimum absolute atomic E-state index is 0.0529. The molecule has 6 nitrogen and oxygen atoms in total. The summed E-state index contributed by atoms with van der Waals surface area (Å²) >= 11 is 1.51. The van der Waals surface area contributed by atoms with Crippen LogP contribution >= 0.6 is 11.8 Å². The molecule has 1 heterocycles. The van der Waals surface area contributed by atoms with Gasteiger partial charge in [-0.2, -0.15) is 0 Å². The minimum atomic E-state index is -0.873. The number of fused-ring (bicyclic) bond motifs is 1. The number of rotatable bonds is 8. The van der Waals surface area contributed by atoms with E-state index < -0.39 is 11.0 Å². The van der Waals surface area contributed by atoms with Gasteiger partial charge < -0.3 is 21.1 Å². The van der Waals surface area contributed by atoms with Gasteiger partial charge in [-0.1, -0.05) is 30.3 Å². The lowest BCUT2D eigenvalue weighted by Gasteiger charge is -2.28. The second-order valence-electron chi connectivity index (χ2n) is 6.02. The number of carboxylic acids is 1. The van der Waals surface area contributed by atoms with Crippen molar-refractivity contribution < 1.29 is 14.7 Å². The maximum Gasteiger partial charge on any atom is 0.308 e. The molecule has 26 heavy (non-hydrogen) atoms. The molecule has 4 N–H and O–H groups in total. The maximum atomic E-state index is 12.0. The van der Waals surface area contributed by atoms with Crippen LogP contribution in [0.2, 0.25) is 0 Å². The van der Waals surface area contributed by atoms with E-state index in [2.05, 4.69) is 16.0 Å². The van der Waals surface area contributed by atoms with Crippen LogP contribution in [0.4, 0.5) is 11.4 Å². The molecule has 1 aliphatic heterocycles. The molecular weight excluding hydrogens is 350 g/mol. The van der Waals surface area contributed by atoms with Crippen LogP contribution in [0.25, 0.3) is 0 Å². The van der Waals surface area contributed by atoms with E-state index >= 15 is 0 Å². The number of thioether (sulfide) groups is 1. The highest BCUT2D eigenvalue weighted by atomic mass is 32.2. The van der Waals surface area contributed by atoms with Crippen LogP contribution in [0.15, 0.2) is 54.6 Å². The van der Waals surface area contributed by atoms with Crippen molar-refractivity contribution in [1.29, 1.82) is 0 Å². The molecule has 0 spiro atoms. The normalized spacial score (nSPS) is 14.0. The Bertz CT molecular complexity index is 758. The van der Waals surface area contributed by atoms with E-state index in [0.29, 0.717) is 17.9 Å². The van der Waals surface area contributed by atoms with Crippen molar-refractivity contribution in [3.63, 3.8) is 0 Å². The first-order chi connectivity index (χ1) is 12.6. The summed E-state index contributed by atoms with van der Waals surface area (Å²) < 4.78 is 0. The molecule has 0 aromatic heterocycles. The van der Waals surface area contributed by atoms with Crippen molar-refractivity contribution in [1.82, 2.24) is 5.32 Å². The number of hydrogen-bond donors (Lipinski definition) is 4. The number of para-hydroxylation sites is 2. The van der Waals surface area contributed by atoms with Crippen LogP contribution in [0.1, 0.15) is 23.2 Å². The van der Waals surface area contributed by atoms with E-state index in [1.165, 1.54) is 11.8 Å². The zero-order valence-electron chi connectivity index (χ0n) is 14.2. The summed E-state index contributed by atoms with van der Waals surface area (Å²) in [6, 6.07) is 16.7. The Morgan fingerprint density at radius 3 is 2.23 bits per heavy atom. The average Bonchev–Trinajstić information content (AvgIpc) is 2.99. The second-order valence-corrected chi connectivity index (χ2v) is 7.41. The van der Waals surface area contributed by atoms with Crippen LogP contribution < -0.4 is 16.0 Å². The second kappa shape index (κ2) is 8.14. The number of hydrogen-bond acceptors (Lipinski definition) is 5. The number of carbonyl (C=O) groups is 2. The van der Waals surface area contributed by atoms with Gasteiger partial charge in [-0.05, 0) is 36.4 Å². The maximum absolute atomic E-state index is 12.0. The van der Waals surface area contributed by atoms with Gasteiger partial charge in [0.2, 0.25) is 0 Å². The summed E-state index contributed by atoms with van der Waals surface area (Å²) in [6.07, 6.45) is 0.688. The van der Waals surface area contributed by atoms with Crippen molar-refractivity contribution in [3.8, 4) is 0 Å². The molecule has 2 aromatic carbocycles. The molecule has 0 saturated heterocycles. The number of nitrogens with one attached hydrogen (secondary N) is 3. The minimum Gasteiger partial charge on any atom is -0.481 e. The van der Waals surface area contributed by atoms with E-state index in [1.807, 2.05) is 42.5 Å². The number of benzene rings is 2. The molecular formula is C19H21N3O3S. The summed E-state index contributed by atoms with van der Waals surface area (Å²) in [5, 5.41) is 18.7. The van der Waals surface area contributed by atoms with Crippen LogP contribution in [-0.4, -0.2) is 34.3 Å². The number of amides is 1. The Labute approximate surface area is 156 Å². The molecule has 136 valence electrons. The fourth-order valence-corrected chi connectivity index (χ4v) is 4.03. The molecule has 1 amide bonds. The van der Waals surface area contributed by atoms with Gasteiger partial charge in [0.15, 0.2) is 4.99 Å². The standard InChI is InChI=1S/C19H21N3O3S/c23-17(24)13-19(21-15-9-4-5-10-16(15)22-19)26-12-6-11-20-18(25)14-7-2-1-3-8-14/h1-5,7-10,21-22H,6,11-13H2,(H,20,25)(H,23,24). The molecule has 3 rings (SSSR count). The average molecular weight is 371 g/mol. The molecule has 7 heteroatoms. The van der Waals surface area contributed by atoms with Crippen molar-refractivity contribution in [3.05, 3.63) is 60.2 Å². The van der Waals surface area contributed by atoms with Gasteiger partial charge in [0, 0.05) is 12.1 Å². The molecule has 0 atom stereocenters. The van der Waals surface area contributed by atoms with E-state index in [4.69, 9.17) is 0 Å². The van der Waals surface area contributed by atoms with Crippen LogP contribution in [-0.2, 0) is 4.79 Å². The van der Waals surface area contributed by atoms with Crippen molar-refractivity contribution >= 4 is 35.0 Å². The third kappa shape index (κ3) is 4.49. The first-order valence-corrected chi connectivity index (χ1v) is 9.41. The third-order valence-electron chi connectivity index (χ3n) is 3.99. The van der Waals surface area contributed by atoms with Gasteiger partial charge in [-0.3, -0.25) is 9.59 Å². The summed E-state index contributed by atoms with van der Waals surface area (Å²) in [6.45, 7) is 0.539. The summed E-state index contributed by atoms with van der Waals surface area (Å²) in [4.78, 5) is 22.5. The van der Waals surface area contributed by atoms with Crippen molar-refractivity contribution in [2.75, 3.05) is 22.9 Å². The predicted molar refractivity (Wildman–Crippen MR) is 105 cm³/mol. The lowest BCUT2D eigenvalue weighted by Crippen LogP contribution is -2.41. The smallest absolute Gasteiger partial charge is 0.308 e. The van der Waals surface area contributed by atoms with Gasteiger partial charge in [0.05, 0.1) is 17.8 Å². The number of aliphatic carboxylic acids is 1. The molecule has 2 aromatic rings. The quantitative estimate of drug-likeness (QED) is 0.533. The fourth-order valence-electron chi connectivity index (χ4n) is 2.80. The SMILES string of the molecule is O=C(O)CC1(SCCCNC(=O)c2ccccc2)Nc2ccccc2N1. The molecule has 0 fully saturated rings. The Balaban J connectivity index is 1.49. The van der Waals surface area contributed by atoms with Gasteiger partial charge in [-0.25, -0.2) is 0 Å². The topological polar surface area (TPSA) is 90.5 Å². The fraction of sp³-hybridized carbons (Fsp3) is 0.263. The summed E-state index contributed by atoms with van der Waals surface area (Å²) in [5.41, 5.74) is 2.44. The zero-order chi connectivity index (χ0) is 18.4. The molecule has 0 aliphatic carbocycles. The first kappa shape index (κ1) is 18.1. The Morgan fingerprint density at radius 2 is 1.62 bits per heavy atom. The van der Waals surface area contributed by atoms with Crippen molar-refractivity contribution in [2.45, 2.75) is 17.8 Å². The van der Waals surface area contributed by atoms with E-state index in [9.17, 15) is 14.7 Å². The molecule has 0 saturated carbocycles. The van der Waals surface area contributed by atoms with E-state index in [0.717, 1.165) is 17.8 Å². The third-order valence-corrected chi connectivity index (χ3v) is 5.33. The number of carbonyl (C=O) groups excluding carboxylic acids is 1. The van der Waals surface area contributed by atoms with Gasteiger partial charge in [-0.15, -0.1) is 11.8 Å². The highest BCUT2D eigenvalue weighted by molar-refractivity contribution is 8.00. The largest absolute Gasteiger partial charge is 0.481 e. The van der Waals surface area contributed by atoms with E-state index in [-0.39, 0.29) is 12.3 Å². The summed E-state index contributed by atoms with van der Waals surface area (Å²) in [5.74, 6) is -0.265. The van der Waals surface area contributed by atoms with Crippen LogP contribution in [0.3, 0.4) is 0 Å². The lowest BCUT2D eigenvalue weighted by atomic mass is 10.2. The molecule has 0 bridgehead atoms. The zero-order valence-corrected chi connectivity index (χ0v) is 15.0.